The van der Waals surface area contributed by atoms with E-state index in [9.17, 15) is 9.18 Å². The van der Waals surface area contributed by atoms with E-state index < -0.39 is 0 Å². The van der Waals surface area contributed by atoms with Crippen LogP contribution in [0.4, 0.5) is 9.52 Å². The average Bonchev–Trinajstić information content (AvgIpc) is 3.02. The summed E-state index contributed by atoms with van der Waals surface area (Å²) in [7, 11) is 0. The van der Waals surface area contributed by atoms with Crippen molar-refractivity contribution in [1.29, 1.82) is 0 Å². The third kappa shape index (κ3) is 4.40. The normalized spacial score (nSPS) is 10.6. The molecular weight excluding hydrogens is 413 g/mol. The van der Waals surface area contributed by atoms with Crippen molar-refractivity contribution in [2.75, 3.05) is 5.32 Å². The zero-order chi connectivity index (χ0) is 16.9. The van der Waals surface area contributed by atoms with Crippen LogP contribution in [0.25, 0.3) is 0 Å². The van der Waals surface area contributed by atoms with E-state index in [0.717, 1.165) is 0 Å². The fraction of sp³-hybridized carbons (Fsp3) is 0.0625. The van der Waals surface area contributed by atoms with Gasteiger partial charge in [0.2, 0.25) is 5.13 Å². The second-order valence-electron chi connectivity index (χ2n) is 4.72. The van der Waals surface area contributed by atoms with Crippen LogP contribution in [0, 0.1) is 5.82 Å². The number of carbonyl (C=O) groups is 1. The van der Waals surface area contributed by atoms with Gasteiger partial charge in [0.05, 0.1) is 0 Å². The van der Waals surface area contributed by atoms with Gasteiger partial charge in [-0.3, -0.25) is 10.1 Å². The highest BCUT2D eigenvalue weighted by atomic mass is 79.9. The number of rotatable bonds is 5. The van der Waals surface area contributed by atoms with E-state index in [-0.39, 0.29) is 11.7 Å². The van der Waals surface area contributed by atoms with Crippen LogP contribution in [-0.2, 0) is 5.75 Å². The van der Waals surface area contributed by atoms with Crippen LogP contribution < -0.4 is 5.32 Å². The summed E-state index contributed by atoms with van der Waals surface area (Å²) in [5.41, 5.74) is 1.15. The zero-order valence-corrected chi connectivity index (χ0v) is 15.4. The number of hydrogen-bond donors (Lipinski definition) is 1. The maximum absolute atomic E-state index is 13.8. The molecule has 0 radical (unpaired) electrons. The molecule has 8 heteroatoms. The Labute approximate surface area is 154 Å². The monoisotopic (exact) mass is 423 g/mol. The van der Waals surface area contributed by atoms with Gasteiger partial charge in [0.1, 0.15) is 5.82 Å². The van der Waals surface area contributed by atoms with Gasteiger partial charge in [-0.2, -0.15) is 0 Å². The fourth-order valence-electron chi connectivity index (χ4n) is 1.86. The molecule has 1 aromatic heterocycles. The smallest absolute Gasteiger partial charge is 0.257 e. The van der Waals surface area contributed by atoms with Crippen LogP contribution in [0.15, 0.2) is 57.3 Å². The molecule has 1 heterocycles. The number of benzene rings is 2. The van der Waals surface area contributed by atoms with Crippen LogP contribution >= 0.6 is 39.0 Å². The van der Waals surface area contributed by atoms with Crippen LogP contribution in [0.3, 0.4) is 0 Å². The first-order valence-electron chi connectivity index (χ1n) is 6.88. The summed E-state index contributed by atoms with van der Waals surface area (Å²) in [5.74, 6) is -0.0540. The highest BCUT2D eigenvalue weighted by Crippen LogP contribution is 2.29. The van der Waals surface area contributed by atoms with Crippen molar-refractivity contribution in [2.24, 2.45) is 0 Å². The second kappa shape index (κ2) is 7.87. The van der Waals surface area contributed by atoms with Crippen molar-refractivity contribution in [1.82, 2.24) is 10.2 Å². The summed E-state index contributed by atoms with van der Waals surface area (Å²) >= 11 is 5.87. The Hall–Kier alpha value is -1.77. The van der Waals surface area contributed by atoms with Gasteiger partial charge in [-0.25, -0.2) is 4.39 Å². The number of amides is 1. The molecule has 0 aliphatic carbocycles. The molecule has 0 spiro atoms. The highest BCUT2D eigenvalue weighted by Gasteiger charge is 2.11. The zero-order valence-electron chi connectivity index (χ0n) is 12.2. The number of carbonyl (C=O) groups excluding carboxylic acids is 1. The summed E-state index contributed by atoms with van der Waals surface area (Å²) in [6.45, 7) is 0. The van der Waals surface area contributed by atoms with E-state index in [4.69, 9.17) is 0 Å². The second-order valence-corrected chi connectivity index (χ2v) is 7.83. The molecule has 0 saturated heterocycles. The van der Waals surface area contributed by atoms with Gasteiger partial charge in [0.15, 0.2) is 4.34 Å². The predicted molar refractivity (Wildman–Crippen MR) is 98.0 cm³/mol. The third-order valence-electron chi connectivity index (χ3n) is 3.03. The third-order valence-corrected chi connectivity index (χ3v) is 5.54. The van der Waals surface area contributed by atoms with Gasteiger partial charge < -0.3 is 0 Å². The molecule has 0 aliphatic rings. The maximum atomic E-state index is 13.8. The molecule has 0 aliphatic heterocycles. The van der Waals surface area contributed by atoms with Gasteiger partial charge >= 0.3 is 0 Å². The maximum Gasteiger partial charge on any atom is 0.257 e. The van der Waals surface area contributed by atoms with Gasteiger partial charge in [-0.05, 0) is 29.8 Å². The molecular formula is C16H11BrFN3OS2. The fourth-order valence-corrected chi connectivity index (χ4v) is 3.92. The Balaban J connectivity index is 1.60. The average molecular weight is 424 g/mol. The van der Waals surface area contributed by atoms with Crippen LogP contribution in [0.5, 0.6) is 0 Å². The predicted octanol–water partition coefficient (Wildman–Crippen LogP) is 4.98. The van der Waals surface area contributed by atoms with E-state index in [0.29, 0.717) is 30.8 Å². The number of nitrogens with zero attached hydrogens (tertiary/aromatic N) is 2. The molecule has 0 unspecified atom stereocenters. The number of hydrogen-bond acceptors (Lipinski definition) is 5. The first kappa shape index (κ1) is 17.1. The number of halogens is 2. The van der Waals surface area contributed by atoms with Crippen molar-refractivity contribution in [3.63, 3.8) is 0 Å². The molecule has 1 amide bonds. The van der Waals surface area contributed by atoms with Crippen molar-refractivity contribution < 1.29 is 9.18 Å². The highest BCUT2D eigenvalue weighted by molar-refractivity contribution is 9.10. The molecule has 2 aromatic carbocycles. The van der Waals surface area contributed by atoms with Crippen LogP contribution in [0.2, 0.25) is 0 Å². The Kier molecular flexibility index (Phi) is 5.60. The lowest BCUT2D eigenvalue weighted by Crippen LogP contribution is -2.11. The number of aromatic nitrogens is 2. The number of anilines is 1. The largest absolute Gasteiger partial charge is 0.296 e. The van der Waals surface area contributed by atoms with E-state index >= 15 is 0 Å². The molecule has 0 bridgehead atoms. The quantitative estimate of drug-likeness (QED) is 0.464. The van der Waals surface area contributed by atoms with Gasteiger partial charge in [0.25, 0.3) is 5.91 Å². The molecule has 122 valence electrons. The van der Waals surface area contributed by atoms with Gasteiger partial charge in [-0.1, -0.05) is 63.3 Å². The van der Waals surface area contributed by atoms with E-state index in [2.05, 4.69) is 31.4 Å². The number of nitrogens with one attached hydrogen (secondary N) is 1. The Bertz CT molecular complexity index is 858. The molecule has 24 heavy (non-hydrogen) atoms. The first-order chi connectivity index (χ1) is 11.6. The van der Waals surface area contributed by atoms with E-state index in [1.54, 1.807) is 36.4 Å². The van der Waals surface area contributed by atoms with Crippen molar-refractivity contribution in [3.05, 3.63) is 69.9 Å². The summed E-state index contributed by atoms with van der Waals surface area (Å²) in [6, 6.07) is 13.8. The molecule has 3 aromatic rings. The van der Waals surface area contributed by atoms with E-state index in [1.807, 2.05) is 6.07 Å². The topological polar surface area (TPSA) is 54.9 Å². The molecule has 0 fully saturated rings. The van der Waals surface area contributed by atoms with Gasteiger partial charge in [-0.15, -0.1) is 10.2 Å². The lowest BCUT2D eigenvalue weighted by Gasteiger charge is -2.01. The Morgan fingerprint density at radius 1 is 1.21 bits per heavy atom. The minimum Gasteiger partial charge on any atom is -0.296 e. The molecule has 4 nitrogen and oxygen atoms in total. The molecule has 3 rings (SSSR count). The standard InChI is InChI=1S/C16H11BrFN3OS2/c17-12-7-6-11(13(18)8-12)9-23-16-21-20-15(24-16)19-14(22)10-4-2-1-3-5-10/h1-8H,9H2,(H,19,20,22). The van der Waals surface area contributed by atoms with Crippen LogP contribution in [-0.4, -0.2) is 16.1 Å². The SMILES string of the molecule is O=C(Nc1nnc(SCc2ccc(Br)cc2F)s1)c1ccccc1. The number of thioether (sulfide) groups is 1. The van der Waals surface area contributed by atoms with Crippen LogP contribution in [0.1, 0.15) is 15.9 Å². The van der Waals surface area contributed by atoms with Gasteiger partial charge in [0, 0.05) is 15.8 Å². The Morgan fingerprint density at radius 2 is 2.00 bits per heavy atom. The lowest BCUT2D eigenvalue weighted by atomic mass is 10.2. The first-order valence-corrected chi connectivity index (χ1v) is 9.48. The molecule has 1 N–H and O–H groups in total. The van der Waals surface area contributed by atoms with Crippen molar-refractivity contribution >= 4 is 50.1 Å². The lowest BCUT2D eigenvalue weighted by molar-refractivity contribution is 0.102. The summed E-state index contributed by atoms with van der Waals surface area (Å²) in [4.78, 5) is 12.0. The van der Waals surface area contributed by atoms with Crippen molar-refractivity contribution in [2.45, 2.75) is 10.1 Å². The van der Waals surface area contributed by atoms with Crippen molar-refractivity contribution in [3.8, 4) is 0 Å². The van der Waals surface area contributed by atoms with E-state index in [1.165, 1.54) is 29.2 Å². The summed E-state index contributed by atoms with van der Waals surface area (Å²) in [5, 5.41) is 11.1. The molecule has 0 saturated carbocycles. The summed E-state index contributed by atoms with van der Waals surface area (Å²) < 4.78 is 15.2. The minimum atomic E-state index is -0.265. The minimum absolute atomic E-state index is 0.234. The Morgan fingerprint density at radius 3 is 2.75 bits per heavy atom. The molecule has 0 atom stereocenters. The summed E-state index contributed by atoms with van der Waals surface area (Å²) in [6.07, 6.45) is 0.